The van der Waals surface area contributed by atoms with Crippen LogP contribution < -0.4 is 21.3 Å². The van der Waals surface area contributed by atoms with Crippen molar-refractivity contribution in [1.82, 2.24) is 21.3 Å². The van der Waals surface area contributed by atoms with E-state index in [-0.39, 0.29) is 12.1 Å². The van der Waals surface area contributed by atoms with Crippen LogP contribution in [-0.2, 0) is 0 Å². The molecule has 0 aromatic heterocycles. The molecule has 2 rings (SSSR count). The van der Waals surface area contributed by atoms with Crippen LogP contribution >= 0.6 is 24.4 Å². The van der Waals surface area contributed by atoms with Gasteiger partial charge >= 0.3 is 0 Å². The lowest BCUT2D eigenvalue weighted by Crippen LogP contribution is -2.37. The Morgan fingerprint density at radius 3 is 1.41 bits per heavy atom. The van der Waals surface area contributed by atoms with Crippen LogP contribution in [-0.4, -0.2) is 23.3 Å². The van der Waals surface area contributed by atoms with Crippen molar-refractivity contribution in [3.8, 4) is 0 Å². The van der Waals surface area contributed by atoms with Gasteiger partial charge in [-0.15, -0.1) is 0 Å². The van der Waals surface area contributed by atoms with Gasteiger partial charge in [0.15, 0.2) is 10.2 Å². The highest BCUT2D eigenvalue weighted by molar-refractivity contribution is 7.80. The Bertz CT molecular complexity index is 674. The summed E-state index contributed by atoms with van der Waals surface area (Å²) in [4.78, 5) is 0. The van der Waals surface area contributed by atoms with E-state index in [4.69, 9.17) is 24.4 Å². The molecule has 0 radical (unpaired) electrons. The smallest absolute Gasteiger partial charge is 0.166 e. The van der Waals surface area contributed by atoms with E-state index in [1.165, 1.54) is 11.1 Å². The molecule has 0 saturated carbocycles. The number of benzene rings is 2. The van der Waals surface area contributed by atoms with E-state index >= 15 is 0 Å². The third kappa shape index (κ3) is 9.24. The van der Waals surface area contributed by atoms with Crippen molar-refractivity contribution in [2.24, 2.45) is 0 Å². The molecular weight excluding hydrogens is 396 g/mol. The Morgan fingerprint density at radius 2 is 1.03 bits per heavy atom. The zero-order valence-electron chi connectivity index (χ0n) is 17.3. The van der Waals surface area contributed by atoms with Gasteiger partial charge in [-0.3, -0.25) is 0 Å². The minimum absolute atomic E-state index is 0.201. The third-order valence-corrected chi connectivity index (χ3v) is 5.24. The molecule has 0 spiro atoms. The van der Waals surface area contributed by atoms with Gasteiger partial charge in [0.25, 0.3) is 0 Å². The number of hydrogen-bond acceptors (Lipinski definition) is 2. The van der Waals surface area contributed by atoms with E-state index in [0.717, 1.165) is 32.4 Å². The first-order valence-electron chi connectivity index (χ1n) is 10.2. The van der Waals surface area contributed by atoms with Crippen LogP contribution in [0.1, 0.15) is 56.3 Å². The van der Waals surface area contributed by atoms with E-state index in [9.17, 15) is 0 Å². The molecule has 4 nitrogen and oxygen atoms in total. The summed E-state index contributed by atoms with van der Waals surface area (Å²) in [7, 11) is 0. The maximum Gasteiger partial charge on any atom is 0.166 e. The lowest BCUT2D eigenvalue weighted by Gasteiger charge is -2.18. The quantitative estimate of drug-likeness (QED) is 0.328. The Hall–Kier alpha value is -2.18. The summed E-state index contributed by atoms with van der Waals surface area (Å²) >= 11 is 10.8. The lowest BCUT2D eigenvalue weighted by atomic mass is 10.1. The van der Waals surface area contributed by atoms with Gasteiger partial charge in [-0.25, -0.2) is 0 Å². The van der Waals surface area contributed by atoms with Gasteiger partial charge in [-0.2, -0.15) is 0 Å². The lowest BCUT2D eigenvalue weighted by molar-refractivity contribution is 0.630. The zero-order chi connectivity index (χ0) is 20.9. The Labute approximate surface area is 185 Å². The molecule has 0 aliphatic heterocycles. The number of rotatable bonds is 10. The van der Waals surface area contributed by atoms with E-state index in [1.807, 2.05) is 36.4 Å². The molecule has 2 unspecified atom stereocenters. The molecule has 156 valence electrons. The predicted octanol–water partition coefficient (Wildman–Crippen LogP) is 4.61. The highest BCUT2D eigenvalue weighted by atomic mass is 32.1. The van der Waals surface area contributed by atoms with Crippen LogP contribution in [0.4, 0.5) is 0 Å². The molecule has 0 fully saturated rings. The molecule has 2 atom stereocenters. The second kappa shape index (κ2) is 13.1. The monoisotopic (exact) mass is 428 g/mol. The van der Waals surface area contributed by atoms with Crippen LogP contribution in [0, 0.1) is 0 Å². The Balaban J connectivity index is 1.49. The van der Waals surface area contributed by atoms with Gasteiger partial charge in [0.2, 0.25) is 0 Å². The second-order valence-electron chi connectivity index (χ2n) is 7.13. The molecule has 0 amide bonds. The van der Waals surface area contributed by atoms with E-state index in [2.05, 4.69) is 59.4 Å². The van der Waals surface area contributed by atoms with Crippen molar-refractivity contribution in [1.29, 1.82) is 0 Å². The summed E-state index contributed by atoms with van der Waals surface area (Å²) in [5.74, 6) is 0. The predicted molar refractivity (Wildman–Crippen MR) is 131 cm³/mol. The van der Waals surface area contributed by atoms with Gasteiger partial charge in [0, 0.05) is 13.1 Å². The summed E-state index contributed by atoms with van der Waals surface area (Å²) in [5.41, 5.74) is 2.46. The van der Waals surface area contributed by atoms with E-state index < -0.39 is 0 Å². The SMILES string of the molecule is CC(NC(=S)NCCCCCNC(=S)NC(C)c1ccccc1)c1ccccc1. The van der Waals surface area contributed by atoms with Crippen molar-refractivity contribution >= 4 is 34.7 Å². The van der Waals surface area contributed by atoms with Gasteiger partial charge in [-0.1, -0.05) is 60.7 Å². The molecule has 0 bridgehead atoms. The van der Waals surface area contributed by atoms with Crippen molar-refractivity contribution in [2.45, 2.75) is 45.2 Å². The molecular formula is C23H32N4S2. The van der Waals surface area contributed by atoms with Crippen LogP contribution in [0.15, 0.2) is 60.7 Å². The molecule has 0 aliphatic rings. The number of hydrogen-bond donors (Lipinski definition) is 4. The summed E-state index contributed by atoms with van der Waals surface area (Å²) in [5, 5.41) is 14.6. The van der Waals surface area contributed by atoms with Crippen LogP contribution in [0.3, 0.4) is 0 Å². The molecule has 4 N–H and O–H groups in total. The first-order valence-corrected chi connectivity index (χ1v) is 11.1. The Kier molecular flexibility index (Phi) is 10.5. The molecule has 2 aromatic carbocycles. The van der Waals surface area contributed by atoms with Gasteiger partial charge < -0.3 is 21.3 Å². The van der Waals surface area contributed by atoms with Gasteiger partial charge in [-0.05, 0) is 68.7 Å². The number of unbranched alkanes of at least 4 members (excludes halogenated alkanes) is 2. The van der Waals surface area contributed by atoms with Crippen LogP contribution in [0.2, 0.25) is 0 Å². The minimum Gasteiger partial charge on any atom is -0.363 e. The topological polar surface area (TPSA) is 48.1 Å². The second-order valence-corrected chi connectivity index (χ2v) is 7.94. The summed E-state index contributed by atoms with van der Waals surface area (Å²) in [6.07, 6.45) is 3.27. The first kappa shape index (κ1) is 23.1. The third-order valence-electron chi connectivity index (χ3n) is 4.72. The highest BCUT2D eigenvalue weighted by Gasteiger charge is 2.06. The molecule has 6 heteroatoms. The maximum atomic E-state index is 5.39. The molecule has 0 saturated heterocycles. The fourth-order valence-corrected chi connectivity index (χ4v) is 3.53. The number of nitrogens with one attached hydrogen (secondary N) is 4. The average molecular weight is 429 g/mol. The fraction of sp³-hybridized carbons (Fsp3) is 0.391. The summed E-state index contributed by atoms with van der Waals surface area (Å²) < 4.78 is 0. The standard InChI is InChI=1S/C23H32N4S2/c1-18(20-12-6-3-7-13-20)26-22(28)24-16-10-5-11-17-25-23(29)27-19(2)21-14-8-4-9-15-21/h3-4,6-9,12-15,18-19H,5,10-11,16-17H2,1-2H3,(H2,24,26,28)(H2,25,27,29). The van der Waals surface area contributed by atoms with Crippen molar-refractivity contribution in [3.05, 3.63) is 71.8 Å². The van der Waals surface area contributed by atoms with Crippen molar-refractivity contribution < 1.29 is 0 Å². The van der Waals surface area contributed by atoms with E-state index in [0.29, 0.717) is 10.2 Å². The van der Waals surface area contributed by atoms with Crippen LogP contribution in [0.5, 0.6) is 0 Å². The van der Waals surface area contributed by atoms with Gasteiger partial charge in [0.05, 0.1) is 12.1 Å². The van der Waals surface area contributed by atoms with E-state index in [1.54, 1.807) is 0 Å². The molecule has 2 aromatic rings. The largest absolute Gasteiger partial charge is 0.363 e. The zero-order valence-corrected chi connectivity index (χ0v) is 18.9. The maximum absolute atomic E-state index is 5.39. The molecule has 0 heterocycles. The minimum atomic E-state index is 0.201. The Morgan fingerprint density at radius 1 is 0.655 bits per heavy atom. The fourth-order valence-electron chi connectivity index (χ4n) is 2.98. The molecule has 29 heavy (non-hydrogen) atoms. The molecule has 0 aliphatic carbocycles. The summed E-state index contributed by atoms with van der Waals surface area (Å²) in [6.45, 7) is 5.98. The first-order chi connectivity index (χ1) is 14.1. The summed E-state index contributed by atoms with van der Waals surface area (Å²) in [6, 6.07) is 21.0. The van der Waals surface area contributed by atoms with Gasteiger partial charge in [0.1, 0.15) is 0 Å². The van der Waals surface area contributed by atoms with Crippen molar-refractivity contribution in [2.75, 3.05) is 13.1 Å². The van der Waals surface area contributed by atoms with Crippen LogP contribution in [0.25, 0.3) is 0 Å². The van der Waals surface area contributed by atoms with Crippen molar-refractivity contribution in [3.63, 3.8) is 0 Å². The average Bonchev–Trinajstić information content (AvgIpc) is 2.74. The highest BCUT2D eigenvalue weighted by Crippen LogP contribution is 2.11. The number of thiocarbonyl (C=S) groups is 2. The normalized spacial score (nSPS) is 12.5.